The summed E-state index contributed by atoms with van der Waals surface area (Å²) in [4.78, 5) is 4.05. The van der Waals surface area contributed by atoms with E-state index in [0.717, 1.165) is 25.1 Å². The van der Waals surface area contributed by atoms with E-state index in [2.05, 4.69) is 29.4 Å². The average Bonchev–Trinajstić information content (AvgIpc) is 2.51. The molecule has 0 aliphatic carbocycles. The summed E-state index contributed by atoms with van der Waals surface area (Å²) in [6.45, 7) is 3.15. The topological polar surface area (TPSA) is 60.2 Å². The van der Waals surface area contributed by atoms with Crippen molar-refractivity contribution < 1.29 is 4.74 Å². The van der Waals surface area contributed by atoms with E-state index in [1.165, 1.54) is 11.1 Å². The van der Waals surface area contributed by atoms with E-state index in [1.54, 1.807) is 13.3 Å². The first-order chi connectivity index (χ1) is 10.2. The number of nitrogens with one attached hydrogen (secondary N) is 1. The van der Waals surface area contributed by atoms with Crippen LogP contribution in [0.5, 0.6) is 5.75 Å². The number of nitrogens with two attached hydrogens (primary N) is 1. The maximum Gasteiger partial charge on any atom is 0.123 e. The molecule has 4 heteroatoms. The summed E-state index contributed by atoms with van der Waals surface area (Å²) in [5.41, 5.74) is 8.20. The molecule has 0 spiro atoms. The normalized spacial score (nSPS) is 12.1. The Morgan fingerprint density at radius 3 is 2.62 bits per heavy atom. The number of ether oxygens (including phenoxy) is 1. The lowest BCUT2D eigenvalue weighted by molar-refractivity contribution is 0.414. The van der Waals surface area contributed by atoms with Gasteiger partial charge in [0.2, 0.25) is 0 Å². The van der Waals surface area contributed by atoms with Gasteiger partial charge in [0.25, 0.3) is 0 Å². The predicted molar refractivity (Wildman–Crippen MR) is 86.4 cm³/mol. The molecule has 0 fully saturated rings. The van der Waals surface area contributed by atoms with Crippen molar-refractivity contribution >= 4 is 5.82 Å². The third kappa shape index (κ3) is 4.46. The highest BCUT2D eigenvalue weighted by Gasteiger charge is 2.12. The minimum Gasteiger partial charge on any atom is -0.497 e. The number of pyridine rings is 1. The first-order valence-corrected chi connectivity index (χ1v) is 7.30. The van der Waals surface area contributed by atoms with Crippen molar-refractivity contribution in [2.24, 2.45) is 0 Å². The van der Waals surface area contributed by atoms with Gasteiger partial charge in [-0.2, -0.15) is 0 Å². The van der Waals surface area contributed by atoms with E-state index >= 15 is 0 Å². The van der Waals surface area contributed by atoms with Crippen LogP contribution in [-0.2, 0) is 6.42 Å². The molecule has 0 saturated heterocycles. The minimum atomic E-state index is 0.262. The zero-order valence-corrected chi connectivity index (χ0v) is 12.7. The summed E-state index contributed by atoms with van der Waals surface area (Å²) in [5, 5.41) is 3.59. The van der Waals surface area contributed by atoms with Crippen molar-refractivity contribution in [3.05, 3.63) is 53.7 Å². The maximum absolute atomic E-state index is 5.76. The molecule has 1 aromatic heterocycles. The minimum absolute atomic E-state index is 0.262. The van der Waals surface area contributed by atoms with Gasteiger partial charge in [0.15, 0.2) is 0 Å². The SMILES string of the molecule is CCCNC(Cc1ccnc(N)c1)c1ccc(OC)cc1. The Morgan fingerprint density at radius 1 is 1.24 bits per heavy atom. The van der Waals surface area contributed by atoms with Gasteiger partial charge in [-0.1, -0.05) is 19.1 Å². The van der Waals surface area contributed by atoms with E-state index in [1.807, 2.05) is 24.3 Å². The fraction of sp³-hybridized carbons (Fsp3) is 0.353. The van der Waals surface area contributed by atoms with Gasteiger partial charge in [0, 0.05) is 12.2 Å². The van der Waals surface area contributed by atoms with Crippen LogP contribution in [0.3, 0.4) is 0 Å². The molecule has 1 unspecified atom stereocenters. The van der Waals surface area contributed by atoms with Crippen LogP contribution in [0.25, 0.3) is 0 Å². The molecule has 0 amide bonds. The molecule has 2 rings (SSSR count). The molecule has 0 radical (unpaired) electrons. The summed E-state index contributed by atoms with van der Waals surface area (Å²) in [5.74, 6) is 1.44. The van der Waals surface area contributed by atoms with Crippen LogP contribution in [-0.4, -0.2) is 18.6 Å². The molecular weight excluding hydrogens is 262 g/mol. The van der Waals surface area contributed by atoms with Gasteiger partial charge in [0.1, 0.15) is 11.6 Å². The monoisotopic (exact) mass is 285 g/mol. The molecule has 0 saturated carbocycles. The van der Waals surface area contributed by atoms with E-state index in [0.29, 0.717) is 5.82 Å². The second-order valence-corrected chi connectivity index (χ2v) is 5.07. The van der Waals surface area contributed by atoms with Crippen molar-refractivity contribution in [1.82, 2.24) is 10.3 Å². The predicted octanol–water partition coefficient (Wildman–Crippen LogP) is 2.96. The zero-order valence-electron chi connectivity index (χ0n) is 12.7. The van der Waals surface area contributed by atoms with Gasteiger partial charge in [-0.15, -0.1) is 0 Å². The second-order valence-electron chi connectivity index (χ2n) is 5.07. The van der Waals surface area contributed by atoms with Crippen LogP contribution >= 0.6 is 0 Å². The molecule has 2 aromatic rings. The van der Waals surface area contributed by atoms with Crippen LogP contribution in [0.15, 0.2) is 42.6 Å². The molecule has 1 atom stereocenters. The van der Waals surface area contributed by atoms with Crippen molar-refractivity contribution in [2.45, 2.75) is 25.8 Å². The van der Waals surface area contributed by atoms with Gasteiger partial charge in [-0.05, 0) is 54.8 Å². The lowest BCUT2D eigenvalue weighted by atomic mass is 9.99. The third-order valence-electron chi connectivity index (χ3n) is 3.44. The van der Waals surface area contributed by atoms with Gasteiger partial charge < -0.3 is 15.8 Å². The molecule has 1 aromatic carbocycles. The number of methoxy groups -OCH3 is 1. The number of anilines is 1. The smallest absolute Gasteiger partial charge is 0.123 e. The van der Waals surface area contributed by atoms with Crippen molar-refractivity contribution in [2.75, 3.05) is 19.4 Å². The van der Waals surface area contributed by atoms with E-state index in [4.69, 9.17) is 10.5 Å². The second kappa shape index (κ2) is 7.64. The molecule has 1 heterocycles. The van der Waals surface area contributed by atoms with Crippen LogP contribution in [0.2, 0.25) is 0 Å². The van der Waals surface area contributed by atoms with Crippen molar-refractivity contribution in [1.29, 1.82) is 0 Å². The Labute approximate surface area is 126 Å². The first-order valence-electron chi connectivity index (χ1n) is 7.30. The first kappa shape index (κ1) is 15.3. The van der Waals surface area contributed by atoms with Crippen LogP contribution in [0.4, 0.5) is 5.82 Å². The Hall–Kier alpha value is -2.07. The van der Waals surface area contributed by atoms with Gasteiger partial charge in [-0.25, -0.2) is 4.98 Å². The largest absolute Gasteiger partial charge is 0.497 e. The number of nitrogen functional groups attached to an aromatic ring is 1. The van der Waals surface area contributed by atoms with Crippen LogP contribution in [0, 0.1) is 0 Å². The van der Waals surface area contributed by atoms with E-state index in [-0.39, 0.29) is 6.04 Å². The lowest BCUT2D eigenvalue weighted by Crippen LogP contribution is -2.24. The highest BCUT2D eigenvalue weighted by atomic mass is 16.5. The number of benzene rings is 1. The van der Waals surface area contributed by atoms with E-state index < -0.39 is 0 Å². The number of nitrogens with zero attached hydrogens (tertiary/aromatic N) is 1. The molecule has 0 aliphatic rings. The molecule has 3 N–H and O–H groups in total. The Bertz CT molecular complexity index is 554. The Morgan fingerprint density at radius 2 is 2.00 bits per heavy atom. The number of hydrogen-bond acceptors (Lipinski definition) is 4. The standard InChI is InChI=1S/C17H23N3O/c1-3-9-19-16(11-13-8-10-20-17(18)12-13)14-4-6-15(21-2)7-5-14/h4-8,10,12,16,19H,3,9,11H2,1-2H3,(H2,18,20). The van der Waals surface area contributed by atoms with Crippen LogP contribution < -0.4 is 15.8 Å². The van der Waals surface area contributed by atoms with Gasteiger partial charge >= 0.3 is 0 Å². The molecule has 0 aliphatic heterocycles. The van der Waals surface area contributed by atoms with Crippen molar-refractivity contribution in [3.8, 4) is 5.75 Å². The molecule has 112 valence electrons. The number of hydrogen-bond donors (Lipinski definition) is 2. The Balaban J connectivity index is 2.16. The van der Waals surface area contributed by atoms with Gasteiger partial charge in [0.05, 0.1) is 7.11 Å². The van der Waals surface area contributed by atoms with Crippen molar-refractivity contribution in [3.63, 3.8) is 0 Å². The Kier molecular flexibility index (Phi) is 5.58. The molecule has 21 heavy (non-hydrogen) atoms. The summed E-state index contributed by atoms with van der Waals surface area (Å²) in [7, 11) is 1.68. The summed E-state index contributed by atoms with van der Waals surface area (Å²) < 4.78 is 5.22. The number of rotatable bonds is 7. The summed E-state index contributed by atoms with van der Waals surface area (Å²) >= 11 is 0. The zero-order chi connectivity index (χ0) is 15.1. The quantitative estimate of drug-likeness (QED) is 0.821. The highest BCUT2D eigenvalue weighted by molar-refractivity contribution is 5.34. The van der Waals surface area contributed by atoms with Crippen LogP contribution in [0.1, 0.15) is 30.5 Å². The highest BCUT2D eigenvalue weighted by Crippen LogP contribution is 2.21. The fourth-order valence-corrected chi connectivity index (χ4v) is 2.32. The summed E-state index contributed by atoms with van der Waals surface area (Å²) in [6.07, 6.45) is 3.75. The van der Waals surface area contributed by atoms with Gasteiger partial charge in [-0.3, -0.25) is 0 Å². The maximum atomic E-state index is 5.76. The average molecular weight is 285 g/mol. The molecular formula is C17H23N3O. The molecule has 0 bridgehead atoms. The third-order valence-corrected chi connectivity index (χ3v) is 3.44. The lowest BCUT2D eigenvalue weighted by Gasteiger charge is -2.19. The fourth-order valence-electron chi connectivity index (χ4n) is 2.32. The molecule has 4 nitrogen and oxygen atoms in total. The van der Waals surface area contributed by atoms with E-state index in [9.17, 15) is 0 Å². The number of aromatic nitrogens is 1. The summed E-state index contributed by atoms with van der Waals surface area (Å²) in [6, 6.07) is 12.4.